The third-order valence-corrected chi connectivity index (χ3v) is 6.34. The van der Waals surface area contributed by atoms with Gasteiger partial charge in [-0.2, -0.15) is 5.10 Å². The van der Waals surface area contributed by atoms with E-state index in [1.807, 2.05) is 26.0 Å². The molecule has 168 valence electrons. The van der Waals surface area contributed by atoms with Gasteiger partial charge in [0.15, 0.2) is 5.65 Å². The number of benzene rings is 1. The summed E-state index contributed by atoms with van der Waals surface area (Å²) in [6.07, 6.45) is 4.05. The first-order chi connectivity index (χ1) is 15.9. The van der Waals surface area contributed by atoms with E-state index < -0.39 is 5.82 Å². The van der Waals surface area contributed by atoms with Crippen LogP contribution < -0.4 is 4.74 Å². The highest BCUT2D eigenvalue weighted by atomic mass is 35.5. The zero-order valence-corrected chi connectivity index (χ0v) is 18.9. The van der Waals surface area contributed by atoms with Crippen LogP contribution in [0.3, 0.4) is 0 Å². The number of ether oxygens (including phenoxy) is 1. The second-order valence-corrected chi connectivity index (χ2v) is 8.40. The van der Waals surface area contributed by atoms with Gasteiger partial charge in [-0.05, 0) is 37.6 Å². The Morgan fingerprint density at radius 1 is 1.24 bits per heavy atom. The fraction of sp³-hybridized carbons (Fsp3) is 0.250. The average molecular weight is 466 g/mol. The van der Waals surface area contributed by atoms with Crippen LogP contribution in [0.4, 0.5) is 4.39 Å². The van der Waals surface area contributed by atoms with E-state index in [4.69, 9.17) is 16.3 Å². The molecule has 0 bridgehead atoms. The maximum Gasteiger partial charge on any atom is 0.258 e. The van der Waals surface area contributed by atoms with E-state index in [9.17, 15) is 9.18 Å². The Morgan fingerprint density at radius 3 is 2.88 bits per heavy atom. The summed E-state index contributed by atoms with van der Waals surface area (Å²) in [7, 11) is 0. The zero-order chi connectivity index (χ0) is 23.1. The van der Waals surface area contributed by atoms with Gasteiger partial charge in [-0.1, -0.05) is 17.7 Å². The minimum Gasteiger partial charge on any atom is -0.492 e. The van der Waals surface area contributed by atoms with Crippen LogP contribution in [-0.4, -0.2) is 37.0 Å². The predicted molar refractivity (Wildman–Crippen MR) is 121 cm³/mol. The van der Waals surface area contributed by atoms with E-state index in [0.717, 1.165) is 28.2 Å². The molecule has 0 radical (unpaired) electrons. The van der Waals surface area contributed by atoms with Gasteiger partial charge in [0.25, 0.3) is 5.91 Å². The smallest absolute Gasteiger partial charge is 0.258 e. The quantitative estimate of drug-likeness (QED) is 0.439. The highest BCUT2D eigenvalue weighted by Gasteiger charge is 2.31. The standard InChI is InChI=1S/C24H21ClFN5O2/c1-14-22(25)15(2)31-23(28-14)19-12-30(13-20(19)29-31)24(32)18-6-5-17(26)10-21(18)33-9-7-16-4-3-8-27-11-16/h3-6,8,10-11H,7,9,12-13H2,1-2H3. The molecule has 0 unspecified atom stereocenters. The summed E-state index contributed by atoms with van der Waals surface area (Å²) in [5.41, 5.74) is 5.22. The van der Waals surface area contributed by atoms with Crippen molar-refractivity contribution in [2.45, 2.75) is 33.4 Å². The molecule has 1 amide bonds. The maximum atomic E-state index is 13.9. The molecule has 1 aromatic carbocycles. The summed E-state index contributed by atoms with van der Waals surface area (Å²) in [5, 5.41) is 5.20. The third kappa shape index (κ3) is 3.91. The molecule has 7 nitrogen and oxygen atoms in total. The van der Waals surface area contributed by atoms with Gasteiger partial charge in [-0.3, -0.25) is 9.78 Å². The van der Waals surface area contributed by atoms with Gasteiger partial charge in [-0.15, -0.1) is 0 Å². The molecule has 33 heavy (non-hydrogen) atoms. The molecule has 0 fully saturated rings. The van der Waals surface area contributed by atoms with Crippen molar-refractivity contribution in [2.75, 3.05) is 6.61 Å². The Labute approximate surface area is 194 Å². The lowest BCUT2D eigenvalue weighted by atomic mass is 10.1. The minimum atomic E-state index is -0.461. The van der Waals surface area contributed by atoms with Crippen LogP contribution in [0.2, 0.25) is 5.02 Å². The molecule has 4 aromatic rings. The molecule has 0 spiro atoms. The van der Waals surface area contributed by atoms with E-state index >= 15 is 0 Å². The van der Waals surface area contributed by atoms with Gasteiger partial charge in [0.05, 0.1) is 47.4 Å². The van der Waals surface area contributed by atoms with Gasteiger partial charge in [0.2, 0.25) is 0 Å². The Kier molecular flexibility index (Phi) is 5.46. The largest absolute Gasteiger partial charge is 0.492 e. The SMILES string of the molecule is Cc1nc2c3c(nn2c(C)c1Cl)CN(C(=O)c1ccc(F)cc1OCCc1cccnc1)C3. The highest BCUT2D eigenvalue weighted by Crippen LogP contribution is 2.31. The summed E-state index contributed by atoms with van der Waals surface area (Å²) in [5.74, 6) is -0.485. The summed E-state index contributed by atoms with van der Waals surface area (Å²) in [6.45, 7) is 4.73. The van der Waals surface area contributed by atoms with Crippen LogP contribution in [0.15, 0.2) is 42.7 Å². The number of carbonyl (C=O) groups is 1. The number of hydrogen-bond acceptors (Lipinski definition) is 5. The molecule has 1 aliphatic heterocycles. The zero-order valence-electron chi connectivity index (χ0n) is 18.2. The predicted octanol–water partition coefficient (Wildman–Crippen LogP) is 4.31. The number of hydrogen-bond donors (Lipinski definition) is 0. The molecular weight excluding hydrogens is 445 g/mol. The molecule has 9 heteroatoms. The number of halogens is 2. The average Bonchev–Trinajstić information content (AvgIpc) is 3.37. The van der Waals surface area contributed by atoms with Crippen molar-refractivity contribution in [2.24, 2.45) is 0 Å². The fourth-order valence-electron chi connectivity index (χ4n) is 4.04. The Hall–Kier alpha value is -3.52. The first-order valence-corrected chi connectivity index (χ1v) is 10.9. The maximum absolute atomic E-state index is 13.9. The second kappa shape index (κ2) is 8.44. The molecule has 0 N–H and O–H groups in total. The number of nitrogens with zero attached hydrogens (tertiary/aromatic N) is 5. The molecular formula is C24H21ClFN5O2. The molecule has 3 aromatic heterocycles. The second-order valence-electron chi connectivity index (χ2n) is 8.02. The Morgan fingerprint density at radius 2 is 2.09 bits per heavy atom. The molecule has 5 rings (SSSR count). The van der Waals surface area contributed by atoms with E-state index in [1.54, 1.807) is 21.8 Å². The molecule has 0 saturated carbocycles. The monoisotopic (exact) mass is 465 g/mol. The third-order valence-electron chi connectivity index (χ3n) is 5.79. The number of amides is 1. The fourth-order valence-corrected chi connectivity index (χ4v) is 4.17. The Bertz CT molecular complexity index is 1370. The highest BCUT2D eigenvalue weighted by molar-refractivity contribution is 6.31. The lowest BCUT2D eigenvalue weighted by molar-refractivity contribution is 0.0745. The van der Waals surface area contributed by atoms with Crippen molar-refractivity contribution in [1.82, 2.24) is 24.5 Å². The number of fused-ring (bicyclic) bond motifs is 3. The summed E-state index contributed by atoms with van der Waals surface area (Å²) in [4.78, 5) is 23.7. The van der Waals surface area contributed by atoms with Gasteiger partial charge < -0.3 is 9.64 Å². The van der Waals surface area contributed by atoms with Gasteiger partial charge in [0, 0.05) is 30.4 Å². The van der Waals surface area contributed by atoms with Crippen LogP contribution >= 0.6 is 11.6 Å². The normalized spacial score (nSPS) is 12.9. The van der Waals surface area contributed by atoms with Crippen molar-refractivity contribution in [3.05, 3.63) is 87.3 Å². The number of pyridine rings is 1. The van der Waals surface area contributed by atoms with Crippen LogP contribution in [-0.2, 0) is 19.5 Å². The minimum absolute atomic E-state index is 0.222. The summed E-state index contributed by atoms with van der Waals surface area (Å²) < 4.78 is 21.5. The van der Waals surface area contributed by atoms with Crippen LogP contribution in [0.25, 0.3) is 5.65 Å². The molecule has 0 atom stereocenters. The van der Waals surface area contributed by atoms with Crippen molar-refractivity contribution >= 4 is 23.2 Å². The van der Waals surface area contributed by atoms with E-state index in [2.05, 4.69) is 15.1 Å². The lowest BCUT2D eigenvalue weighted by Crippen LogP contribution is -2.26. The molecule has 0 aliphatic carbocycles. The van der Waals surface area contributed by atoms with Crippen LogP contribution in [0.5, 0.6) is 5.75 Å². The van der Waals surface area contributed by atoms with Gasteiger partial charge >= 0.3 is 0 Å². The first-order valence-electron chi connectivity index (χ1n) is 10.6. The van der Waals surface area contributed by atoms with Crippen LogP contribution in [0, 0.1) is 19.7 Å². The molecule has 0 saturated heterocycles. The first kappa shape index (κ1) is 21.3. The van der Waals surface area contributed by atoms with Crippen LogP contribution in [0.1, 0.15) is 38.6 Å². The number of rotatable bonds is 5. The number of aryl methyl sites for hydroxylation is 2. The van der Waals surface area contributed by atoms with Crippen molar-refractivity contribution in [3.63, 3.8) is 0 Å². The number of aromatic nitrogens is 4. The van der Waals surface area contributed by atoms with Gasteiger partial charge in [0.1, 0.15) is 11.6 Å². The summed E-state index contributed by atoms with van der Waals surface area (Å²) in [6, 6.07) is 7.77. The van der Waals surface area contributed by atoms with Crippen molar-refractivity contribution in [3.8, 4) is 5.75 Å². The Balaban J connectivity index is 1.37. The number of carbonyl (C=O) groups excluding carboxylic acids is 1. The van der Waals surface area contributed by atoms with E-state index in [-0.39, 0.29) is 11.7 Å². The van der Waals surface area contributed by atoms with Crippen molar-refractivity contribution in [1.29, 1.82) is 0 Å². The topological polar surface area (TPSA) is 72.6 Å². The van der Waals surface area contributed by atoms with E-state index in [1.165, 1.54) is 18.2 Å². The molecule has 4 heterocycles. The van der Waals surface area contributed by atoms with Gasteiger partial charge in [-0.25, -0.2) is 13.9 Å². The summed E-state index contributed by atoms with van der Waals surface area (Å²) >= 11 is 6.31. The molecule has 1 aliphatic rings. The van der Waals surface area contributed by atoms with Crippen molar-refractivity contribution < 1.29 is 13.9 Å². The van der Waals surface area contributed by atoms with E-state index in [0.29, 0.717) is 42.4 Å². The lowest BCUT2D eigenvalue weighted by Gasteiger charge is -2.18.